The number of likely N-dealkylation sites (tertiary alicyclic amines) is 1. The zero-order valence-corrected chi connectivity index (χ0v) is 12.6. The molecule has 1 fully saturated rings. The first kappa shape index (κ1) is 15.0. The number of carbonyl (C=O) groups is 1. The summed E-state index contributed by atoms with van der Waals surface area (Å²) >= 11 is 0. The summed E-state index contributed by atoms with van der Waals surface area (Å²) in [4.78, 5) is 14.7. The lowest BCUT2D eigenvalue weighted by Crippen LogP contribution is -2.36. The molecule has 1 amide bonds. The normalized spacial score (nSPS) is 19.1. The molecule has 5 nitrogen and oxygen atoms in total. The number of hydrogen-bond donors (Lipinski definition) is 1. The third-order valence-corrected chi connectivity index (χ3v) is 3.96. The minimum Gasteiger partial charge on any atom is -0.396 e. The Labute approximate surface area is 119 Å². The summed E-state index contributed by atoms with van der Waals surface area (Å²) in [6.45, 7) is 6.80. The van der Waals surface area contributed by atoms with Crippen LogP contribution < -0.4 is 0 Å². The van der Waals surface area contributed by atoms with Crippen LogP contribution in [0.15, 0.2) is 4.52 Å². The van der Waals surface area contributed by atoms with Gasteiger partial charge >= 0.3 is 0 Å². The van der Waals surface area contributed by atoms with Gasteiger partial charge in [-0.1, -0.05) is 19.0 Å². The van der Waals surface area contributed by atoms with Crippen molar-refractivity contribution < 1.29 is 14.4 Å². The summed E-state index contributed by atoms with van der Waals surface area (Å²) in [5.41, 5.74) is 1.31. The molecule has 0 aromatic carbocycles. The van der Waals surface area contributed by atoms with Crippen molar-refractivity contribution in [1.29, 1.82) is 0 Å². The molecule has 112 valence electrons. The molecular formula is C15H24N2O3. The Hall–Kier alpha value is -1.36. The van der Waals surface area contributed by atoms with Crippen molar-refractivity contribution >= 4 is 5.91 Å². The molecule has 0 aliphatic carbocycles. The van der Waals surface area contributed by atoms with Gasteiger partial charge in [0.05, 0.1) is 5.69 Å². The van der Waals surface area contributed by atoms with E-state index in [1.54, 1.807) is 0 Å². The van der Waals surface area contributed by atoms with E-state index >= 15 is 0 Å². The Morgan fingerprint density at radius 3 is 2.95 bits per heavy atom. The van der Waals surface area contributed by atoms with Crippen LogP contribution in [-0.4, -0.2) is 40.3 Å². The molecule has 0 spiro atoms. The molecule has 0 saturated carbocycles. The van der Waals surface area contributed by atoms with E-state index in [2.05, 4.69) is 5.16 Å². The maximum atomic E-state index is 12.8. The van der Waals surface area contributed by atoms with Crippen molar-refractivity contribution in [1.82, 2.24) is 10.1 Å². The maximum absolute atomic E-state index is 12.8. The molecule has 1 aliphatic heterocycles. The Morgan fingerprint density at radius 2 is 2.30 bits per heavy atom. The predicted molar refractivity (Wildman–Crippen MR) is 75.7 cm³/mol. The molecule has 1 N–H and O–H groups in total. The second-order valence-electron chi connectivity index (χ2n) is 5.82. The second kappa shape index (κ2) is 6.39. The fourth-order valence-corrected chi connectivity index (χ4v) is 2.92. The van der Waals surface area contributed by atoms with Crippen LogP contribution in [0, 0.1) is 6.92 Å². The molecule has 2 rings (SSSR count). The summed E-state index contributed by atoms with van der Waals surface area (Å²) in [7, 11) is 0. The van der Waals surface area contributed by atoms with Crippen molar-refractivity contribution in [3.63, 3.8) is 0 Å². The van der Waals surface area contributed by atoms with E-state index in [1.165, 1.54) is 0 Å². The number of hydrogen-bond acceptors (Lipinski definition) is 4. The molecule has 1 saturated heterocycles. The number of aliphatic hydroxyl groups is 1. The van der Waals surface area contributed by atoms with Gasteiger partial charge in [0, 0.05) is 25.1 Å². The predicted octanol–water partition coefficient (Wildman–Crippen LogP) is 2.48. The third kappa shape index (κ3) is 2.87. The second-order valence-corrected chi connectivity index (χ2v) is 5.82. The van der Waals surface area contributed by atoms with Gasteiger partial charge in [-0.25, -0.2) is 0 Å². The molecule has 1 unspecified atom stereocenters. The number of amides is 1. The highest BCUT2D eigenvalue weighted by Gasteiger charge is 2.33. The first-order chi connectivity index (χ1) is 9.56. The van der Waals surface area contributed by atoms with Gasteiger partial charge < -0.3 is 14.5 Å². The summed E-state index contributed by atoms with van der Waals surface area (Å²) in [5, 5.41) is 12.9. The van der Waals surface area contributed by atoms with E-state index in [0.717, 1.165) is 32.2 Å². The number of rotatable bonds is 5. The molecule has 20 heavy (non-hydrogen) atoms. The first-order valence-corrected chi connectivity index (χ1v) is 7.44. The number of aliphatic hydroxyl groups excluding tert-OH is 1. The van der Waals surface area contributed by atoms with Crippen LogP contribution in [0.1, 0.15) is 67.3 Å². The van der Waals surface area contributed by atoms with Crippen LogP contribution in [0.5, 0.6) is 0 Å². The van der Waals surface area contributed by atoms with Crippen LogP contribution in [0.2, 0.25) is 0 Å². The van der Waals surface area contributed by atoms with Gasteiger partial charge in [-0.15, -0.1) is 0 Å². The first-order valence-electron chi connectivity index (χ1n) is 7.44. The summed E-state index contributed by atoms with van der Waals surface area (Å²) < 4.78 is 5.32. The fourth-order valence-electron chi connectivity index (χ4n) is 2.92. The van der Waals surface area contributed by atoms with Crippen LogP contribution in [0.4, 0.5) is 0 Å². The quantitative estimate of drug-likeness (QED) is 0.899. The molecule has 0 bridgehead atoms. The topological polar surface area (TPSA) is 66.6 Å². The molecule has 0 radical (unpaired) electrons. The minimum absolute atomic E-state index is 0.0351. The van der Waals surface area contributed by atoms with E-state index in [0.29, 0.717) is 17.0 Å². The van der Waals surface area contributed by atoms with Gasteiger partial charge in [0.2, 0.25) is 0 Å². The molecule has 1 aliphatic rings. The maximum Gasteiger partial charge on any atom is 0.259 e. The minimum atomic E-state index is 0.0351. The number of aromatic nitrogens is 1. The smallest absolute Gasteiger partial charge is 0.259 e. The number of aryl methyl sites for hydroxylation is 1. The highest BCUT2D eigenvalue weighted by atomic mass is 16.5. The number of carbonyl (C=O) groups excluding carboxylic acids is 1. The average Bonchev–Trinajstić information content (AvgIpc) is 3.01. The molecule has 1 atom stereocenters. The Morgan fingerprint density at radius 1 is 1.55 bits per heavy atom. The largest absolute Gasteiger partial charge is 0.396 e. The van der Waals surface area contributed by atoms with Crippen molar-refractivity contribution in [3.8, 4) is 0 Å². The lowest BCUT2D eigenvalue weighted by Gasteiger charge is -2.24. The van der Waals surface area contributed by atoms with Gasteiger partial charge in [-0.05, 0) is 32.6 Å². The molecule has 5 heteroatoms. The van der Waals surface area contributed by atoms with Crippen LogP contribution in [0.25, 0.3) is 0 Å². The molecule has 2 heterocycles. The Kier molecular flexibility index (Phi) is 4.81. The Bertz CT molecular complexity index is 468. The lowest BCUT2D eigenvalue weighted by molar-refractivity contribution is 0.0721. The standard InChI is InChI=1S/C15H24N2O3/c1-10(2)14-13(11(3)16-20-14)15(19)17-8-4-6-12(17)7-5-9-18/h10,12,18H,4-9H2,1-3H3. The third-order valence-electron chi connectivity index (χ3n) is 3.96. The van der Waals surface area contributed by atoms with Gasteiger partial charge in [0.25, 0.3) is 5.91 Å². The van der Waals surface area contributed by atoms with E-state index in [9.17, 15) is 4.79 Å². The van der Waals surface area contributed by atoms with Crippen molar-refractivity contribution in [2.45, 2.75) is 58.4 Å². The lowest BCUT2D eigenvalue weighted by atomic mass is 10.0. The molecular weight excluding hydrogens is 256 g/mol. The van der Waals surface area contributed by atoms with Crippen LogP contribution >= 0.6 is 0 Å². The zero-order chi connectivity index (χ0) is 14.7. The van der Waals surface area contributed by atoms with E-state index in [4.69, 9.17) is 9.63 Å². The summed E-state index contributed by atoms with van der Waals surface area (Å²) in [6.07, 6.45) is 3.66. The summed E-state index contributed by atoms with van der Waals surface area (Å²) in [6, 6.07) is 0.240. The zero-order valence-electron chi connectivity index (χ0n) is 12.6. The van der Waals surface area contributed by atoms with E-state index in [-0.39, 0.29) is 24.5 Å². The number of nitrogens with zero attached hydrogens (tertiary/aromatic N) is 2. The van der Waals surface area contributed by atoms with Gasteiger partial charge in [0.15, 0.2) is 5.76 Å². The highest BCUT2D eigenvalue weighted by Crippen LogP contribution is 2.28. The van der Waals surface area contributed by atoms with Crippen LogP contribution in [0.3, 0.4) is 0 Å². The van der Waals surface area contributed by atoms with Crippen molar-refractivity contribution in [3.05, 3.63) is 17.0 Å². The molecule has 1 aromatic heterocycles. The van der Waals surface area contributed by atoms with E-state index in [1.807, 2.05) is 25.7 Å². The van der Waals surface area contributed by atoms with Crippen molar-refractivity contribution in [2.24, 2.45) is 0 Å². The van der Waals surface area contributed by atoms with Gasteiger partial charge in [0.1, 0.15) is 5.56 Å². The SMILES string of the molecule is Cc1noc(C(C)C)c1C(=O)N1CCCC1CCCO. The van der Waals surface area contributed by atoms with Gasteiger partial charge in [-0.2, -0.15) is 0 Å². The highest BCUT2D eigenvalue weighted by molar-refractivity contribution is 5.96. The van der Waals surface area contributed by atoms with Crippen LogP contribution in [-0.2, 0) is 0 Å². The Balaban J connectivity index is 2.20. The summed E-state index contributed by atoms with van der Waals surface area (Å²) in [5.74, 6) is 0.863. The molecule has 1 aromatic rings. The van der Waals surface area contributed by atoms with Crippen molar-refractivity contribution in [2.75, 3.05) is 13.2 Å². The average molecular weight is 280 g/mol. The fraction of sp³-hybridized carbons (Fsp3) is 0.733. The monoisotopic (exact) mass is 280 g/mol. The van der Waals surface area contributed by atoms with E-state index < -0.39 is 0 Å². The van der Waals surface area contributed by atoms with Gasteiger partial charge in [-0.3, -0.25) is 4.79 Å².